The summed E-state index contributed by atoms with van der Waals surface area (Å²) < 4.78 is 50.9. The molecule has 9 nitrogen and oxygen atoms in total. The lowest BCUT2D eigenvalue weighted by Gasteiger charge is -2.19. The van der Waals surface area contributed by atoms with E-state index < -0.39 is 34.1 Å². The Morgan fingerprint density at radius 1 is 1.19 bits per heavy atom. The van der Waals surface area contributed by atoms with Gasteiger partial charge in [0.1, 0.15) is 23.8 Å². The highest BCUT2D eigenvalue weighted by atomic mass is 32.2. The van der Waals surface area contributed by atoms with Crippen LogP contribution in [0.15, 0.2) is 36.5 Å². The zero-order valence-corrected chi connectivity index (χ0v) is 18.3. The van der Waals surface area contributed by atoms with Crippen molar-refractivity contribution in [2.24, 2.45) is 0 Å². The maximum Gasteiger partial charge on any atom is 0.323 e. The summed E-state index contributed by atoms with van der Waals surface area (Å²) in [6, 6.07) is 6.65. The maximum atomic E-state index is 14.1. The van der Waals surface area contributed by atoms with Gasteiger partial charge in [0.2, 0.25) is 10.0 Å². The molecule has 1 aliphatic heterocycles. The normalized spacial score (nSPS) is 19.2. The number of urea groups is 1. The van der Waals surface area contributed by atoms with Gasteiger partial charge in [-0.3, -0.25) is 4.98 Å². The largest absolute Gasteiger partial charge is 0.486 e. The van der Waals surface area contributed by atoms with Gasteiger partial charge in [0.05, 0.1) is 24.2 Å². The summed E-state index contributed by atoms with van der Waals surface area (Å²) in [6.45, 7) is 3.64. The molecule has 168 valence electrons. The average Bonchev–Trinajstić information content (AvgIpc) is 3.13. The standard InChI is InChI=1S/C20H25FN4O5S/c1-4-31(27,28)25-11-18(29-3)19(12-25)30-17-8-14(21)7-16(9-17)24-20(26)23-15-6-5-13(2)22-10-15/h5-10,18-19H,4,11-12H2,1-3H3,(H2,23,24,26)/t18-,19+/m0/s1. The van der Waals surface area contributed by atoms with Crippen molar-refractivity contribution < 1.29 is 27.1 Å². The van der Waals surface area contributed by atoms with E-state index in [1.165, 1.54) is 23.7 Å². The van der Waals surface area contributed by atoms with Crippen molar-refractivity contribution in [3.8, 4) is 5.75 Å². The number of nitrogens with one attached hydrogen (secondary N) is 2. The summed E-state index contributed by atoms with van der Waals surface area (Å²) in [5, 5.41) is 5.15. The van der Waals surface area contributed by atoms with Gasteiger partial charge in [-0.1, -0.05) is 0 Å². The summed E-state index contributed by atoms with van der Waals surface area (Å²) in [5.74, 6) is -0.500. The number of rotatable bonds is 7. The van der Waals surface area contributed by atoms with Crippen LogP contribution in [0.1, 0.15) is 12.6 Å². The van der Waals surface area contributed by atoms with Gasteiger partial charge in [0, 0.05) is 37.2 Å². The number of amides is 2. The number of anilines is 2. The van der Waals surface area contributed by atoms with E-state index in [0.717, 1.165) is 17.8 Å². The first-order valence-corrected chi connectivity index (χ1v) is 11.3. The number of benzene rings is 1. The molecule has 3 rings (SSSR count). The SMILES string of the molecule is CCS(=O)(=O)N1C[C@H](OC)[C@H](Oc2cc(F)cc(NC(=O)Nc3ccc(C)nc3)c2)C1. The average molecular weight is 453 g/mol. The van der Waals surface area contributed by atoms with Crippen LogP contribution in [0.5, 0.6) is 5.75 Å². The van der Waals surface area contributed by atoms with Gasteiger partial charge in [-0.25, -0.2) is 17.6 Å². The van der Waals surface area contributed by atoms with Crippen LogP contribution in [-0.4, -0.2) is 61.9 Å². The van der Waals surface area contributed by atoms with Gasteiger partial charge in [-0.15, -0.1) is 0 Å². The molecule has 2 aromatic rings. The molecule has 0 aliphatic carbocycles. The number of nitrogens with zero attached hydrogens (tertiary/aromatic N) is 2. The molecule has 2 atom stereocenters. The minimum atomic E-state index is -3.40. The molecule has 2 heterocycles. The second-order valence-corrected chi connectivity index (χ2v) is 9.35. The fourth-order valence-corrected chi connectivity index (χ4v) is 4.29. The Hall–Kier alpha value is -2.76. The second kappa shape index (κ2) is 9.58. The molecule has 1 fully saturated rings. The molecule has 2 amide bonds. The van der Waals surface area contributed by atoms with Crippen LogP contribution in [0.3, 0.4) is 0 Å². The smallest absolute Gasteiger partial charge is 0.323 e. The van der Waals surface area contributed by atoms with Gasteiger partial charge in [-0.05, 0) is 32.0 Å². The monoisotopic (exact) mass is 452 g/mol. The molecular formula is C20H25FN4O5S. The van der Waals surface area contributed by atoms with Gasteiger partial charge in [0.25, 0.3) is 0 Å². The quantitative estimate of drug-likeness (QED) is 0.668. The van der Waals surface area contributed by atoms with Crippen LogP contribution < -0.4 is 15.4 Å². The molecule has 31 heavy (non-hydrogen) atoms. The number of aryl methyl sites for hydroxylation is 1. The fourth-order valence-electron chi connectivity index (χ4n) is 3.17. The molecule has 0 bridgehead atoms. The molecule has 1 aliphatic rings. The van der Waals surface area contributed by atoms with Crippen LogP contribution in [-0.2, 0) is 14.8 Å². The number of hydrogen-bond donors (Lipinski definition) is 2. The zero-order valence-electron chi connectivity index (χ0n) is 17.5. The van der Waals surface area contributed by atoms with E-state index >= 15 is 0 Å². The third kappa shape index (κ3) is 5.90. The van der Waals surface area contributed by atoms with Gasteiger partial charge >= 0.3 is 6.03 Å². The number of methoxy groups -OCH3 is 1. The number of hydrogen-bond acceptors (Lipinski definition) is 6. The molecule has 0 saturated carbocycles. The number of sulfonamides is 1. The predicted molar refractivity (Wildman–Crippen MR) is 114 cm³/mol. The van der Waals surface area contributed by atoms with E-state index in [0.29, 0.717) is 5.69 Å². The summed E-state index contributed by atoms with van der Waals surface area (Å²) >= 11 is 0. The first-order valence-electron chi connectivity index (χ1n) is 9.68. The van der Waals surface area contributed by atoms with Gasteiger partial charge in [0.15, 0.2) is 0 Å². The fraction of sp³-hybridized carbons (Fsp3) is 0.400. The third-order valence-corrected chi connectivity index (χ3v) is 6.64. The lowest BCUT2D eigenvalue weighted by Crippen LogP contribution is -2.32. The molecule has 1 saturated heterocycles. The van der Waals surface area contributed by atoms with Crippen LogP contribution in [0.25, 0.3) is 0 Å². The van der Waals surface area contributed by atoms with E-state index in [1.54, 1.807) is 19.1 Å². The number of aromatic nitrogens is 1. The highest BCUT2D eigenvalue weighted by molar-refractivity contribution is 7.89. The second-order valence-electron chi connectivity index (χ2n) is 7.09. The first-order chi connectivity index (χ1) is 14.7. The summed E-state index contributed by atoms with van der Waals surface area (Å²) in [4.78, 5) is 16.3. The van der Waals surface area contributed by atoms with Crippen LogP contribution in [0, 0.1) is 12.7 Å². The predicted octanol–water partition coefficient (Wildman–Crippen LogP) is 2.60. The van der Waals surface area contributed by atoms with E-state index in [4.69, 9.17) is 9.47 Å². The summed E-state index contributed by atoms with van der Waals surface area (Å²) in [6.07, 6.45) is 0.391. The molecular weight excluding hydrogens is 427 g/mol. The minimum Gasteiger partial charge on any atom is -0.486 e. The topological polar surface area (TPSA) is 110 Å². The highest BCUT2D eigenvalue weighted by Crippen LogP contribution is 2.26. The minimum absolute atomic E-state index is 0.0319. The number of pyridine rings is 1. The number of halogens is 1. The molecule has 1 aromatic heterocycles. The maximum absolute atomic E-state index is 14.1. The Morgan fingerprint density at radius 2 is 1.90 bits per heavy atom. The van der Waals surface area contributed by atoms with Crippen molar-refractivity contribution in [2.45, 2.75) is 26.1 Å². The third-order valence-electron chi connectivity index (χ3n) is 4.83. The Labute approximate surface area is 180 Å². The molecule has 1 aromatic carbocycles. The van der Waals surface area contributed by atoms with Crippen LogP contribution in [0.4, 0.5) is 20.6 Å². The van der Waals surface area contributed by atoms with Crippen LogP contribution >= 0.6 is 0 Å². The molecule has 11 heteroatoms. The van der Waals surface area contributed by atoms with Gasteiger partial charge in [-0.2, -0.15) is 4.31 Å². The first kappa shape index (κ1) is 22.9. The number of carbonyl (C=O) groups is 1. The van der Waals surface area contributed by atoms with Crippen molar-refractivity contribution in [1.29, 1.82) is 0 Å². The van der Waals surface area contributed by atoms with Crippen molar-refractivity contribution >= 4 is 27.4 Å². The Morgan fingerprint density at radius 3 is 2.55 bits per heavy atom. The van der Waals surface area contributed by atoms with Crippen molar-refractivity contribution in [3.05, 3.63) is 48.0 Å². The molecule has 0 spiro atoms. The Bertz CT molecular complexity index is 1030. The molecule has 0 unspecified atom stereocenters. The summed E-state index contributed by atoms with van der Waals surface area (Å²) in [7, 11) is -1.94. The van der Waals surface area contributed by atoms with Crippen molar-refractivity contribution in [2.75, 3.05) is 36.6 Å². The molecule has 0 radical (unpaired) electrons. The van der Waals surface area contributed by atoms with Crippen molar-refractivity contribution in [3.63, 3.8) is 0 Å². The van der Waals surface area contributed by atoms with E-state index in [-0.39, 0.29) is 30.3 Å². The zero-order chi connectivity index (χ0) is 22.6. The number of ether oxygens (including phenoxy) is 2. The highest BCUT2D eigenvalue weighted by Gasteiger charge is 2.39. The van der Waals surface area contributed by atoms with Crippen LogP contribution in [0.2, 0.25) is 0 Å². The molecule has 2 N–H and O–H groups in total. The van der Waals surface area contributed by atoms with E-state index in [1.807, 2.05) is 6.92 Å². The van der Waals surface area contributed by atoms with E-state index in [2.05, 4.69) is 15.6 Å². The number of carbonyl (C=O) groups excluding carboxylic acids is 1. The van der Waals surface area contributed by atoms with E-state index in [9.17, 15) is 17.6 Å². The van der Waals surface area contributed by atoms with Crippen molar-refractivity contribution in [1.82, 2.24) is 9.29 Å². The van der Waals surface area contributed by atoms with Gasteiger partial charge < -0.3 is 20.1 Å². The summed E-state index contributed by atoms with van der Waals surface area (Å²) in [5.41, 5.74) is 1.48. The Kier molecular flexibility index (Phi) is 7.08. The lowest BCUT2D eigenvalue weighted by molar-refractivity contribution is 0.0343. The Balaban J connectivity index is 1.69. The lowest BCUT2D eigenvalue weighted by atomic mass is 10.2.